The van der Waals surface area contributed by atoms with Crippen LogP contribution in [0.5, 0.6) is 0 Å². The number of rotatable bonds is 6. The SMILES string of the molecule is CCc1ccc(S(=O)(=O)NCC(O)C(C)C)s1. The molecule has 0 aromatic carbocycles. The van der Waals surface area contributed by atoms with Crippen LogP contribution in [0.3, 0.4) is 0 Å². The quantitative estimate of drug-likeness (QED) is 0.830. The molecule has 1 heterocycles. The molecule has 0 spiro atoms. The number of hydrogen-bond acceptors (Lipinski definition) is 4. The third kappa shape index (κ3) is 4.06. The van der Waals surface area contributed by atoms with E-state index in [2.05, 4.69) is 4.72 Å². The average molecular weight is 277 g/mol. The van der Waals surface area contributed by atoms with E-state index >= 15 is 0 Å². The number of aryl methyl sites for hydroxylation is 1. The Balaban J connectivity index is 2.69. The summed E-state index contributed by atoms with van der Waals surface area (Å²) in [5, 5.41) is 9.56. The molecule has 0 radical (unpaired) electrons. The van der Waals surface area contributed by atoms with Crippen LogP contribution in [0, 0.1) is 5.92 Å². The largest absolute Gasteiger partial charge is 0.391 e. The molecule has 1 aromatic heterocycles. The van der Waals surface area contributed by atoms with E-state index in [0.29, 0.717) is 4.21 Å². The Morgan fingerprint density at radius 1 is 1.41 bits per heavy atom. The molecule has 0 aliphatic heterocycles. The summed E-state index contributed by atoms with van der Waals surface area (Å²) in [6.07, 6.45) is 0.171. The van der Waals surface area contributed by atoms with Gasteiger partial charge in [-0.15, -0.1) is 11.3 Å². The Morgan fingerprint density at radius 2 is 2.06 bits per heavy atom. The zero-order valence-corrected chi connectivity index (χ0v) is 11.9. The summed E-state index contributed by atoms with van der Waals surface area (Å²) in [5.74, 6) is 0.0345. The van der Waals surface area contributed by atoms with Crippen molar-refractivity contribution < 1.29 is 13.5 Å². The van der Waals surface area contributed by atoms with Crippen LogP contribution in [0.4, 0.5) is 0 Å². The number of aliphatic hydroxyl groups is 1. The van der Waals surface area contributed by atoms with Crippen LogP contribution in [0.15, 0.2) is 16.3 Å². The Labute approximate surface area is 107 Å². The van der Waals surface area contributed by atoms with E-state index < -0.39 is 16.1 Å². The van der Waals surface area contributed by atoms with Gasteiger partial charge in [-0.05, 0) is 24.5 Å². The minimum atomic E-state index is -3.47. The van der Waals surface area contributed by atoms with Gasteiger partial charge < -0.3 is 5.11 Å². The predicted octanol–water partition coefficient (Wildman–Crippen LogP) is 1.61. The van der Waals surface area contributed by atoms with E-state index in [1.165, 1.54) is 11.3 Å². The summed E-state index contributed by atoms with van der Waals surface area (Å²) in [6.45, 7) is 5.73. The van der Waals surface area contributed by atoms with Crippen molar-refractivity contribution in [1.82, 2.24) is 4.72 Å². The molecule has 1 rings (SSSR count). The van der Waals surface area contributed by atoms with Crippen LogP contribution in [0.2, 0.25) is 0 Å². The lowest BCUT2D eigenvalue weighted by Crippen LogP contribution is -2.34. The van der Waals surface area contributed by atoms with Crippen molar-refractivity contribution >= 4 is 21.4 Å². The van der Waals surface area contributed by atoms with Gasteiger partial charge >= 0.3 is 0 Å². The fourth-order valence-corrected chi connectivity index (χ4v) is 3.59. The maximum Gasteiger partial charge on any atom is 0.250 e. The van der Waals surface area contributed by atoms with E-state index in [9.17, 15) is 13.5 Å². The summed E-state index contributed by atoms with van der Waals surface area (Å²) in [5.41, 5.74) is 0. The summed E-state index contributed by atoms with van der Waals surface area (Å²) in [7, 11) is -3.47. The van der Waals surface area contributed by atoms with Crippen molar-refractivity contribution in [3.05, 3.63) is 17.0 Å². The second kappa shape index (κ2) is 5.95. The minimum absolute atomic E-state index is 0.0345. The van der Waals surface area contributed by atoms with E-state index in [-0.39, 0.29) is 12.5 Å². The normalized spacial score (nSPS) is 14.2. The number of sulfonamides is 1. The second-order valence-electron chi connectivity index (χ2n) is 4.24. The van der Waals surface area contributed by atoms with E-state index in [1.807, 2.05) is 26.8 Å². The minimum Gasteiger partial charge on any atom is -0.391 e. The molecule has 0 aliphatic rings. The van der Waals surface area contributed by atoms with Gasteiger partial charge in [-0.25, -0.2) is 13.1 Å². The van der Waals surface area contributed by atoms with Gasteiger partial charge in [-0.3, -0.25) is 0 Å². The molecule has 0 aliphatic carbocycles. The molecule has 0 saturated carbocycles. The Kier molecular flexibility index (Phi) is 5.12. The van der Waals surface area contributed by atoms with Crippen LogP contribution in [0.25, 0.3) is 0 Å². The van der Waals surface area contributed by atoms with Crippen molar-refractivity contribution in [2.75, 3.05) is 6.54 Å². The van der Waals surface area contributed by atoms with Crippen molar-refractivity contribution in [1.29, 1.82) is 0 Å². The zero-order valence-electron chi connectivity index (χ0n) is 10.3. The molecule has 0 amide bonds. The molecule has 6 heteroatoms. The summed E-state index contributed by atoms with van der Waals surface area (Å²) < 4.78 is 26.5. The number of aliphatic hydroxyl groups excluding tert-OH is 1. The van der Waals surface area contributed by atoms with Crippen molar-refractivity contribution in [2.24, 2.45) is 5.92 Å². The third-order valence-electron chi connectivity index (χ3n) is 2.50. The average Bonchev–Trinajstić information content (AvgIpc) is 2.75. The van der Waals surface area contributed by atoms with Gasteiger partial charge in [0, 0.05) is 11.4 Å². The number of hydrogen-bond donors (Lipinski definition) is 2. The highest BCUT2D eigenvalue weighted by Crippen LogP contribution is 2.21. The first kappa shape index (κ1) is 14.6. The first-order valence-electron chi connectivity index (χ1n) is 5.63. The third-order valence-corrected chi connectivity index (χ3v) is 5.65. The molecule has 2 N–H and O–H groups in total. The number of nitrogens with one attached hydrogen (secondary N) is 1. The van der Waals surface area contributed by atoms with Gasteiger partial charge in [-0.2, -0.15) is 0 Å². The Morgan fingerprint density at radius 3 is 2.53 bits per heavy atom. The molecule has 17 heavy (non-hydrogen) atoms. The molecule has 1 aromatic rings. The van der Waals surface area contributed by atoms with Gasteiger partial charge in [0.15, 0.2) is 0 Å². The topological polar surface area (TPSA) is 66.4 Å². The van der Waals surface area contributed by atoms with Crippen molar-refractivity contribution in [3.8, 4) is 0 Å². The number of thiophene rings is 1. The van der Waals surface area contributed by atoms with Crippen molar-refractivity contribution in [2.45, 2.75) is 37.5 Å². The van der Waals surface area contributed by atoms with Crippen molar-refractivity contribution in [3.63, 3.8) is 0 Å². The standard InChI is InChI=1S/C11H19NO3S2/c1-4-9-5-6-11(16-9)17(14,15)12-7-10(13)8(2)3/h5-6,8,10,12-13H,4,7H2,1-3H3. The lowest BCUT2D eigenvalue weighted by molar-refractivity contribution is 0.129. The molecule has 98 valence electrons. The van der Waals surface area contributed by atoms with Gasteiger partial charge in [0.2, 0.25) is 10.0 Å². The molecule has 1 atom stereocenters. The molecular formula is C11H19NO3S2. The van der Waals surface area contributed by atoms with E-state index in [1.54, 1.807) is 6.07 Å². The van der Waals surface area contributed by atoms with Crippen LogP contribution in [-0.4, -0.2) is 26.2 Å². The van der Waals surface area contributed by atoms with Gasteiger partial charge in [-0.1, -0.05) is 20.8 Å². The Hall–Kier alpha value is -0.430. The van der Waals surface area contributed by atoms with Gasteiger partial charge in [0.25, 0.3) is 0 Å². The van der Waals surface area contributed by atoms with Crippen LogP contribution in [0.1, 0.15) is 25.6 Å². The van der Waals surface area contributed by atoms with E-state index in [0.717, 1.165) is 11.3 Å². The monoisotopic (exact) mass is 277 g/mol. The molecule has 4 nitrogen and oxygen atoms in total. The maximum absolute atomic E-state index is 11.9. The first-order valence-corrected chi connectivity index (χ1v) is 7.93. The fraction of sp³-hybridized carbons (Fsp3) is 0.636. The summed E-state index contributed by atoms with van der Waals surface area (Å²) >= 11 is 1.27. The first-order chi connectivity index (χ1) is 7.86. The summed E-state index contributed by atoms with van der Waals surface area (Å²) in [6, 6.07) is 3.42. The van der Waals surface area contributed by atoms with Crippen LogP contribution < -0.4 is 4.72 Å². The van der Waals surface area contributed by atoms with Gasteiger partial charge in [0.1, 0.15) is 4.21 Å². The maximum atomic E-state index is 11.9. The highest BCUT2D eigenvalue weighted by atomic mass is 32.2. The second-order valence-corrected chi connectivity index (χ2v) is 7.40. The van der Waals surface area contributed by atoms with E-state index in [4.69, 9.17) is 0 Å². The zero-order chi connectivity index (χ0) is 13.1. The lowest BCUT2D eigenvalue weighted by Gasteiger charge is -2.14. The molecular weight excluding hydrogens is 258 g/mol. The van der Waals surface area contributed by atoms with Gasteiger partial charge in [0.05, 0.1) is 6.10 Å². The molecule has 0 fully saturated rings. The Bertz CT molecular complexity index is 451. The fourth-order valence-electron chi connectivity index (χ4n) is 1.19. The molecule has 1 unspecified atom stereocenters. The highest BCUT2D eigenvalue weighted by Gasteiger charge is 2.18. The highest BCUT2D eigenvalue weighted by molar-refractivity contribution is 7.91. The molecule has 0 saturated heterocycles. The summed E-state index contributed by atoms with van der Waals surface area (Å²) in [4.78, 5) is 1.04. The van der Waals surface area contributed by atoms with Crippen LogP contribution in [-0.2, 0) is 16.4 Å². The molecule has 0 bridgehead atoms. The lowest BCUT2D eigenvalue weighted by atomic mass is 10.1. The van der Waals surface area contributed by atoms with Crippen LogP contribution >= 0.6 is 11.3 Å². The predicted molar refractivity (Wildman–Crippen MR) is 69.7 cm³/mol. The smallest absolute Gasteiger partial charge is 0.250 e.